The minimum absolute atomic E-state index is 1.04. The lowest BCUT2D eigenvalue weighted by Gasteiger charge is -2.01. The number of nitrogens with zero attached hydrogens (tertiary/aromatic N) is 1. The summed E-state index contributed by atoms with van der Waals surface area (Å²) in [6.45, 7) is 5.90. The third-order valence-electron chi connectivity index (χ3n) is 2.19. The second-order valence-corrected chi connectivity index (χ2v) is 3.32. The lowest BCUT2D eigenvalue weighted by atomic mass is 10.1. The highest BCUT2D eigenvalue weighted by atomic mass is 14.9. The molecule has 1 aromatic heterocycles. The van der Waals surface area contributed by atoms with E-state index < -0.39 is 0 Å². The number of hydrogen-bond donors (Lipinski definition) is 1. The Kier molecular flexibility index (Phi) is 2.19. The number of aromatic amines is 1. The smallest absolute Gasteiger partial charge is 0.0924 e. The van der Waals surface area contributed by atoms with Crippen LogP contribution in [0.1, 0.15) is 12.5 Å². The van der Waals surface area contributed by atoms with Gasteiger partial charge in [0, 0.05) is 0 Å². The van der Waals surface area contributed by atoms with Gasteiger partial charge in [-0.1, -0.05) is 36.4 Å². The summed E-state index contributed by atoms with van der Waals surface area (Å²) in [6.07, 6.45) is 3.50. The van der Waals surface area contributed by atoms with E-state index in [1.54, 1.807) is 6.33 Å². The highest BCUT2D eigenvalue weighted by Gasteiger charge is 1.98. The number of benzene rings is 1. The molecule has 0 aliphatic rings. The van der Waals surface area contributed by atoms with Crippen molar-refractivity contribution >= 4 is 5.57 Å². The number of hydrogen-bond acceptors (Lipinski definition) is 1. The molecule has 0 radical (unpaired) electrons. The maximum atomic E-state index is 3.98. The summed E-state index contributed by atoms with van der Waals surface area (Å²) in [4.78, 5) is 7.05. The van der Waals surface area contributed by atoms with Crippen LogP contribution in [0.2, 0.25) is 0 Å². The van der Waals surface area contributed by atoms with Crippen molar-refractivity contribution in [1.82, 2.24) is 9.97 Å². The Morgan fingerprint density at radius 1 is 1.29 bits per heavy atom. The van der Waals surface area contributed by atoms with E-state index in [4.69, 9.17) is 0 Å². The Hall–Kier alpha value is -1.83. The predicted octanol–water partition coefficient (Wildman–Crippen LogP) is 3.11. The van der Waals surface area contributed by atoms with Crippen molar-refractivity contribution in [3.05, 3.63) is 48.9 Å². The molecule has 0 fully saturated rings. The summed E-state index contributed by atoms with van der Waals surface area (Å²) >= 11 is 0. The summed E-state index contributed by atoms with van der Waals surface area (Å²) in [5.41, 5.74) is 4.44. The van der Waals surface area contributed by atoms with Gasteiger partial charge >= 0.3 is 0 Å². The van der Waals surface area contributed by atoms with Gasteiger partial charge in [0.2, 0.25) is 0 Å². The molecular formula is C12H12N2. The second kappa shape index (κ2) is 3.50. The van der Waals surface area contributed by atoms with Crippen molar-refractivity contribution in [2.45, 2.75) is 6.92 Å². The van der Waals surface area contributed by atoms with Crippen LogP contribution in [-0.2, 0) is 0 Å². The molecule has 14 heavy (non-hydrogen) atoms. The molecule has 2 heteroatoms. The van der Waals surface area contributed by atoms with Gasteiger partial charge in [-0.15, -0.1) is 0 Å². The zero-order valence-corrected chi connectivity index (χ0v) is 8.12. The van der Waals surface area contributed by atoms with Crippen LogP contribution in [0, 0.1) is 0 Å². The van der Waals surface area contributed by atoms with Gasteiger partial charge in [-0.05, 0) is 18.1 Å². The molecule has 1 aromatic carbocycles. The zero-order chi connectivity index (χ0) is 9.97. The molecule has 0 atom stereocenters. The van der Waals surface area contributed by atoms with E-state index in [1.807, 2.05) is 13.1 Å². The molecule has 2 rings (SSSR count). The molecule has 0 bridgehead atoms. The van der Waals surface area contributed by atoms with Crippen molar-refractivity contribution in [2.24, 2.45) is 0 Å². The summed E-state index contributed by atoms with van der Waals surface area (Å²) in [6, 6.07) is 8.27. The van der Waals surface area contributed by atoms with Gasteiger partial charge in [0.1, 0.15) is 0 Å². The quantitative estimate of drug-likeness (QED) is 0.763. The molecule has 0 aliphatic carbocycles. The van der Waals surface area contributed by atoms with Gasteiger partial charge in [-0.2, -0.15) is 0 Å². The van der Waals surface area contributed by atoms with E-state index in [1.165, 1.54) is 5.56 Å². The molecule has 70 valence electrons. The molecule has 0 saturated carbocycles. The molecule has 1 heterocycles. The molecule has 0 spiro atoms. The fourth-order valence-corrected chi connectivity index (χ4v) is 1.35. The Bertz CT molecular complexity index is 424. The largest absolute Gasteiger partial charge is 0.345 e. The van der Waals surface area contributed by atoms with Crippen LogP contribution in [0.15, 0.2) is 43.4 Å². The summed E-state index contributed by atoms with van der Waals surface area (Å²) in [7, 11) is 0. The molecular weight excluding hydrogens is 172 g/mol. The van der Waals surface area contributed by atoms with Crippen LogP contribution in [0.25, 0.3) is 16.8 Å². The van der Waals surface area contributed by atoms with Gasteiger partial charge in [0.15, 0.2) is 0 Å². The molecule has 2 aromatic rings. The second-order valence-electron chi connectivity index (χ2n) is 3.32. The van der Waals surface area contributed by atoms with E-state index in [-0.39, 0.29) is 0 Å². The zero-order valence-electron chi connectivity index (χ0n) is 8.12. The molecule has 2 nitrogen and oxygen atoms in total. The molecule has 0 aliphatic heterocycles. The number of nitrogens with one attached hydrogen (secondary N) is 1. The Morgan fingerprint density at radius 2 is 2.00 bits per heavy atom. The monoisotopic (exact) mass is 184 g/mol. The number of H-pyrrole nitrogens is 1. The number of allylic oxidation sites excluding steroid dienone is 1. The standard InChI is InChI=1S/C12H12N2/c1-9(2)10-3-5-11(6-4-10)12-7-13-8-14-12/h3-8H,1H2,2H3,(H,13,14). The van der Waals surface area contributed by atoms with Gasteiger partial charge in [-0.3, -0.25) is 0 Å². The first-order valence-corrected chi connectivity index (χ1v) is 4.52. The molecule has 0 unspecified atom stereocenters. The lowest BCUT2D eigenvalue weighted by molar-refractivity contribution is 1.31. The first kappa shape index (κ1) is 8.75. The van der Waals surface area contributed by atoms with Crippen molar-refractivity contribution in [3.63, 3.8) is 0 Å². The minimum Gasteiger partial charge on any atom is -0.345 e. The fraction of sp³-hybridized carbons (Fsp3) is 0.0833. The topological polar surface area (TPSA) is 28.7 Å². The Balaban J connectivity index is 2.36. The summed E-state index contributed by atoms with van der Waals surface area (Å²) in [5.74, 6) is 0. The average Bonchev–Trinajstić information content (AvgIpc) is 2.71. The predicted molar refractivity (Wildman–Crippen MR) is 58.7 cm³/mol. The van der Waals surface area contributed by atoms with Crippen LogP contribution in [0.5, 0.6) is 0 Å². The first-order valence-electron chi connectivity index (χ1n) is 4.52. The maximum absolute atomic E-state index is 3.98. The Labute approximate surface area is 83.3 Å². The molecule has 0 amide bonds. The molecule has 0 saturated heterocycles. The van der Waals surface area contributed by atoms with Crippen molar-refractivity contribution in [3.8, 4) is 11.3 Å². The van der Waals surface area contributed by atoms with Gasteiger partial charge < -0.3 is 4.98 Å². The van der Waals surface area contributed by atoms with Crippen LogP contribution in [0.4, 0.5) is 0 Å². The highest BCUT2D eigenvalue weighted by molar-refractivity contribution is 5.66. The lowest BCUT2D eigenvalue weighted by Crippen LogP contribution is -1.80. The average molecular weight is 184 g/mol. The first-order chi connectivity index (χ1) is 6.77. The normalized spacial score (nSPS) is 10.1. The number of rotatable bonds is 2. The number of imidazole rings is 1. The molecule has 1 N–H and O–H groups in total. The van der Waals surface area contributed by atoms with E-state index in [9.17, 15) is 0 Å². The summed E-state index contributed by atoms with van der Waals surface area (Å²) < 4.78 is 0. The van der Waals surface area contributed by atoms with Gasteiger partial charge in [0.05, 0.1) is 18.2 Å². The SMILES string of the molecule is C=C(C)c1ccc(-c2cnc[nH]2)cc1. The maximum Gasteiger partial charge on any atom is 0.0924 e. The third kappa shape index (κ3) is 1.59. The van der Waals surface area contributed by atoms with Crippen LogP contribution >= 0.6 is 0 Å². The van der Waals surface area contributed by atoms with E-state index >= 15 is 0 Å². The van der Waals surface area contributed by atoms with E-state index in [0.29, 0.717) is 0 Å². The van der Waals surface area contributed by atoms with Crippen LogP contribution in [-0.4, -0.2) is 9.97 Å². The minimum atomic E-state index is 1.04. The highest BCUT2D eigenvalue weighted by Crippen LogP contribution is 2.19. The van der Waals surface area contributed by atoms with E-state index in [2.05, 4.69) is 40.8 Å². The van der Waals surface area contributed by atoms with Crippen molar-refractivity contribution in [1.29, 1.82) is 0 Å². The van der Waals surface area contributed by atoms with Crippen molar-refractivity contribution in [2.75, 3.05) is 0 Å². The van der Waals surface area contributed by atoms with E-state index in [0.717, 1.165) is 16.8 Å². The van der Waals surface area contributed by atoms with Crippen LogP contribution < -0.4 is 0 Å². The number of aromatic nitrogens is 2. The third-order valence-corrected chi connectivity index (χ3v) is 2.19. The Morgan fingerprint density at radius 3 is 2.50 bits per heavy atom. The summed E-state index contributed by atoms with van der Waals surface area (Å²) in [5, 5.41) is 0. The van der Waals surface area contributed by atoms with Crippen LogP contribution in [0.3, 0.4) is 0 Å². The van der Waals surface area contributed by atoms with Gasteiger partial charge in [-0.25, -0.2) is 4.98 Å². The van der Waals surface area contributed by atoms with Gasteiger partial charge in [0.25, 0.3) is 0 Å². The fourth-order valence-electron chi connectivity index (χ4n) is 1.35. The van der Waals surface area contributed by atoms with Crippen molar-refractivity contribution < 1.29 is 0 Å².